The van der Waals surface area contributed by atoms with Gasteiger partial charge in [-0.1, -0.05) is 29.5 Å². The van der Waals surface area contributed by atoms with Crippen molar-refractivity contribution < 1.29 is 4.79 Å². The number of nitrogens with one attached hydrogen (secondary N) is 1. The molecule has 1 saturated carbocycles. The molecule has 1 N–H and O–H groups in total. The molecule has 1 fully saturated rings. The van der Waals surface area contributed by atoms with E-state index in [1.54, 1.807) is 4.57 Å². The van der Waals surface area contributed by atoms with Crippen LogP contribution in [0, 0.1) is 6.92 Å². The number of benzene rings is 1. The Labute approximate surface area is 182 Å². The molecule has 9 heteroatoms. The molecule has 8 nitrogen and oxygen atoms in total. The maximum absolute atomic E-state index is 13.0. The van der Waals surface area contributed by atoms with Crippen LogP contribution in [0.5, 0.6) is 0 Å². The summed E-state index contributed by atoms with van der Waals surface area (Å²) in [5, 5.41) is 8.23. The SMILES string of the molecule is Cc1nc(-n2cccc2)sc1C(=O)NCCn1nc(C2CC2)n(-c2ccccc2)c1=O. The predicted molar refractivity (Wildman–Crippen MR) is 118 cm³/mol. The molecule has 1 aromatic carbocycles. The summed E-state index contributed by atoms with van der Waals surface area (Å²) >= 11 is 1.34. The van der Waals surface area contributed by atoms with Gasteiger partial charge in [0, 0.05) is 24.9 Å². The van der Waals surface area contributed by atoms with Crippen molar-refractivity contribution in [2.24, 2.45) is 0 Å². The molecule has 0 spiro atoms. The van der Waals surface area contributed by atoms with Crippen molar-refractivity contribution in [2.75, 3.05) is 6.54 Å². The molecule has 0 bridgehead atoms. The zero-order valence-electron chi connectivity index (χ0n) is 17.1. The summed E-state index contributed by atoms with van der Waals surface area (Å²) in [6.07, 6.45) is 5.89. The van der Waals surface area contributed by atoms with Crippen LogP contribution in [-0.2, 0) is 6.54 Å². The second kappa shape index (κ2) is 7.99. The first-order chi connectivity index (χ1) is 15.1. The highest BCUT2D eigenvalue weighted by atomic mass is 32.1. The van der Waals surface area contributed by atoms with Crippen molar-refractivity contribution in [1.29, 1.82) is 0 Å². The highest BCUT2D eigenvalue weighted by Gasteiger charge is 2.31. The average Bonchev–Trinajstić information content (AvgIpc) is 3.18. The molecule has 0 radical (unpaired) electrons. The van der Waals surface area contributed by atoms with Gasteiger partial charge in [-0.2, -0.15) is 5.10 Å². The van der Waals surface area contributed by atoms with Crippen molar-refractivity contribution in [3.63, 3.8) is 0 Å². The Morgan fingerprint density at radius 2 is 1.90 bits per heavy atom. The van der Waals surface area contributed by atoms with Gasteiger partial charge in [0.25, 0.3) is 5.91 Å². The van der Waals surface area contributed by atoms with Crippen molar-refractivity contribution >= 4 is 17.2 Å². The fourth-order valence-electron chi connectivity index (χ4n) is 3.52. The minimum Gasteiger partial charge on any atom is -0.349 e. The Morgan fingerprint density at radius 3 is 2.61 bits per heavy atom. The molecule has 1 aliphatic rings. The van der Waals surface area contributed by atoms with Crippen LogP contribution in [0.15, 0.2) is 59.7 Å². The van der Waals surface area contributed by atoms with Gasteiger partial charge in [-0.3, -0.25) is 4.79 Å². The average molecular weight is 435 g/mol. The normalized spacial score (nSPS) is 13.5. The van der Waals surface area contributed by atoms with Gasteiger partial charge in [-0.05, 0) is 44.0 Å². The number of carbonyl (C=O) groups is 1. The summed E-state index contributed by atoms with van der Waals surface area (Å²) in [5.74, 6) is 0.944. The van der Waals surface area contributed by atoms with Crippen LogP contribution in [-0.4, -0.2) is 36.4 Å². The number of thiazole rings is 1. The first-order valence-corrected chi connectivity index (χ1v) is 11.1. The van der Waals surface area contributed by atoms with E-state index < -0.39 is 0 Å². The van der Waals surface area contributed by atoms with E-state index >= 15 is 0 Å². The first kappa shape index (κ1) is 19.5. The minimum atomic E-state index is -0.189. The molecule has 158 valence electrons. The smallest absolute Gasteiger partial charge is 0.349 e. The lowest BCUT2D eigenvalue weighted by molar-refractivity contribution is 0.0955. The molecular formula is C22H22N6O2S. The number of aromatic nitrogens is 5. The summed E-state index contributed by atoms with van der Waals surface area (Å²) in [7, 11) is 0. The van der Waals surface area contributed by atoms with E-state index in [2.05, 4.69) is 15.4 Å². The molecule has 3 aromatic heterocycles. The topological polar surface area (TPSA) is 86.7 Å². The minimum absolute atomic E-state index is 0.175. The van der Waals surface area contributed by atoms with E-state index in [4.69, 9.17) is 0 Å². The number of para-hydroxylation sites is 1. The Hall–Kier alpha value is -3.46. The number of carbonyl (C=O) groups excluding carboxylic acids is 1. The molecule has 3 heterocycles. The Morgan fingerprint density at radius 1 is 1.16 bits per heavy atom. The highest BCUT2D eigenvalue weighted by molar-refractivity contribution is 7.16. The fraction of sp³-hybridized carbons (Fsp3) is 0.273. The standard InChI is InChI=1S/C22H22N6O2S/c1-15-18(31-21(24-15)26-12-5-6-13-26)20(29)23-11-14-27-22(30)28(17-7-3-2-4-8-17)19(25-27)16-9-10-16/h2-8,12-13,16H,9-11,14H2,1H3,(H,23,29). The monoisotopic (exact) mass is 434 g/mol. The predicted octanol–water partition coefficient (Wildman–Crippen LogP) is 2.90. The molecule has 0 atom stereocenters. The lowest BCUT2D eigenvalue weighted by Gasteiger charge is -2.04. The molecule has 4 aromatic rings. The van der Waals surface area contributed by atoms with E-state index in [0.717, 1.165) is 29.5 Å². The molecule has 1 aliphatic carbocycles. The first-order valence-electron chi connectivity index (χ1n) is 10.3. The molecule has 1 amide bonds. The zero-order chi connectivity index (χ0) is 21.4. The molecular weight excluding hydrogens is 412 g/mol. The van der Waals surface area contributed by atoms with Crippen LogP contribution in [0.1, 0.15) is 39.9 Å². The lowest BCUT2D eigenvalue weighted by Crippen LogP contribution is -2.32. The number of hydrogen-bond donors (Lipinski definition) is 1. The Balaban J connectivity index is 1.30. The van der Waals surface area contributed by atoms with Crippen LogP contribution < -0.4 is 11.0 Å². The summed E-state index contributed by atoms with van der Waals surface area (Å²) in [6, 6.07) is 13.4. The second-order valence-electron chi connectivity index (χ2n) is 7.57. The fourth-order valence-corrected chi connectivity index (χ4v) is 4.47. The maximum Gasteiger partial charge on any atom is 0.350 e. The van der Waals surface area contributed by atoms with Gasteiger partial charge in [-0.25, -0.2) is 19.0 Å². The third-order valence-corrected chi connectivity index (χ3v) is 6.42. The van der Waals surface area contributed by atoms with Gasteiger partial charge in [-0.15, -0.1) is 0 Å². The van der Waals surface area contributed by atoms with Crippen LogP contribution in [0.3, 0.4) is 0 Å². The summed E-state index contributed by atoms with van der Waals surface area (Å²) < 4.78 is 5.02. The van der Waals surface area contributed by atoms with Crippen LogP contribution >= 0.6 is 11.3 Å². The molecule has 0 saturated heterocycles. The number of aryl methyl sites for hydroxylation is 1. The van der Waals surface area contributed by atoms with Crippen LogP contribution in [0.4, 0.5) is 0 Å². The molecule has 5 rings (SSSR count). The van der Waals surface area contributed by atoms with E-state index in [-0.39, 0.29) is 11.6 Å². The summed E-state index contributed by atoms with van der Waals surface area (Å²) in [4.78, 5) is 30.7. The number of hydrogen-bond acceptors (Lipinski definition) is 5. The van der Waals surface area contributed by atoms with Gasteiger partial charge in [0.1, 0.15) is 10.7 Å². The second-order valence-corrected chi connectivity index (χ2v) is 8.54. The summed E-state index contributed by atoms with van der Waals surface area (Å²) in [6.45, 7) is 2.45. The zero-order valence-corrected chi connectivity index (χ0v) is 17.9. The van der Waals surface area contributed by atoms with Gasteiger partial charge in [0.2, 0.25) is 0 Å². The van der Waals surface area contributed by atoms with Gasteiger partial charge < -0.3 is 9.88 Å². The lowest BCUT2D eigenvalue weighted by atomic mass is 10.3. The van der Waals surface area contributed by atoms with Crippen LogP contribution in [0.2, 0.25) is 0 Å². The highest BCUT2D eigenvalue weighted by Crippen LogP contribution is 2.39. The van der Waals surface area contributed by atoms with Crippen molar-refractivity contribution in [3.05, 3.63) is 81.7 Å². The Kier molecular flexibility index (Phi) is 5.03. The summed E-state index contributed by atoms with van der Waals surface area (Å²) in [5.41, 5.74) is 1.33. The Bertz CT molecular complexity index is 1270. The van der Waals surface area contributed by atoms with Crippen molar-refractivity contribution in [1.82, 2.24) is 29.2 Å². The molecule has 0 unspecified atom stereocenters. The molecule has 31 heavy (non-hydrogen) atoms. The number of rotatable bonds is 7. The number of nitrogens with zero attached hydrogens (tertiary/aromatic N) is 5. The quantitative estimate of drug-likeness (QED) is 0.485. The van der Waals surface area contributed by atoms with Crippen molar-refractivity contribution in [2.45, 2.75) is 32.2 Å². The van der Waals surface area contributed by atoms with E-state index in [9.17, 15) is 9.59 Å². The molecule has 0 aliphatic heterocycles. The van der Waals surface area contributed by atoms with Gasteiger partial charge >= 0.3 is 5.69 Å². The van der Waals surface area contributed by atoms with Crippen molar-refractivity contribution in [3.8, 4) is 10.8 Å². The number of amides is 1. The van der Waals surface area contributed by atoms with Crippen LogP contribution in [0.25, 0.3) is 10.8 Å². The largest absolute Gasteiger partial charge is 0.350 e. The third kappa shape index (κ3) is 3.84. The van der Waals surface area contributed by atoms with E-state index in [1.807, 2.05) is 66.3 Å². The van der Waals surface area contributed by atoms with Gasteiger partial charge in [0.15, 0.2) is 5.13 Å². The van der Waals surface area contributed by atoms with E-state index in [1.165, 1.54) is 16.0 Å². The third-order valence-electron chi connectivity index (χ3n) is 5.25. The van der Waals surface area contributed by atoms with Gasteiger partial charge in [0.05, 0.1) is 17.9 Å². The van der Waals surface area contributed by atoms with E-state index in [0.29, 0.717) is 29.6 Å². The maximum atomic E-state index is 13.0.